The van der Waals surface area contributed by atoms with Crippen molar-refractivity contribution < 1.29 is 24.0 Å². The monoisotopic (exact) mass is 743 g/mol. The van der Waals surface area contributed by atoms with E-state index in [2.05, 4.69) is 29.8 Å². The Bertz CT molecular complexity index is 1960. The van der Waals surface area contributed by atoms with Gasteiger partial charge < -0.3 is 29.9 Å². The maximum atomic E-state index is 16.7. The zero-order valence-corrected chi connectivity index (χ0v) is 30.5. The maximum Gasteiger partial charge on any atom is 0.293 e. The van der Waals surface area contributed by atoms with Crippen LogP contribution in [0.1, 0.15) is 74.6 Å². The van der Waals surface area contributed by atoms with Crippen molar-refractivity contribution in [2.45, 2.75) is 81.2 Å². The van der Waals surface area contributed by atoms with Crippen molar-refractivity contribution in [2.75, 3.05) is 42.9 Å². The summed E-state index contributed by atoms with van der Waals surface area (Å²) >= 11 is 0.916. The first-order valence-corrected chi connectivity index (χ1v) is 19.7. The Labute approximate surface area is 312 Å². The van der Waals surface area contributed by atoms with Crippen LogP contribution in [0.2, 0.25) is 0 Å². The summed E-state index contributed by atoms with van der Waals surface area (Å²) in [7, 11) is 0. The number of aromatic amines is 1. The molecule has 4 aliphatic rings. The van der Waals surface area contributed by atoms with E-state index < -0.39 is 16.6 Å². The molecule has 2 saturated heterocycles. The average molecular weight is 744 g/mol. The van der Waals surface area contributed by atoms with Gasteiger partial charge in [-0.05, 0) is 137 Å². The van der Waals surface area contributed by atoms with Crippen LogP contribution in [0.4, 0.5) is 21.5 Å². The van der Waals surface area contributed by atoms with Gasteiger partial charge in [0.1, 0.15) is 17.1 Å². The molecule has 14 heteroatoms. The molecule has 2 aliphatic carbocycles. The predicted molar refractivity (Wildman–Crippen MR) is 203 cm³/mol. The third-order valence-electron chi connectivity index (χ3n) is 11.9. The fraction of sp³-hybridized carbons (Fsp3) is 0.487. The minimum atomic E-state index is -0.616. The van der Waals surface area contributed by atoms with Gasteiger partial charge in [0.15, 0.2) is 11.6 Å². The summed E-state index contributed by atoms with van der Waals surface area (Å²) < 4.78 is 25.6. The van der Waals surface area contributed by atoms with E-state index in [1.165, 1.54) is 51.0 Å². The first-order valence-electron chi connectivity index (χ1n) is 18.8. The SMILES string of the molecule is O=C(NSc1ccc(NCC2CCC(O)CC2)c([N+](=O)[O-])c1)c1ccc(N2CCC3(CC2)CC(N2CCCC2)C3)c(F)c1Oc1cnc2[nH]ccc2c1. The Morgan fingerprint density at radius 2 is 1.85 bits per heavy atom. The van der Waals surface area contributed by atoms with Crippen molar-refractivity contribution in [3.05, 3.63) is 76.4 Å². The van der Waals surface area contributed by atoms with Crippen LogP contribution >= 0.6 is 11.9 Å². The number of aromatic nitrogens is 2. The highest BCUT2D eigenvalue weighted by atomic mass is 32.2. The molecule has 0 radical (unpaired) electrons. The zero-order valence-electron chi connectivity index (χ0n) is 29.7. The number of amides is 1. The summed E-state index contributed by atoms with van der Waals surface area (Å²) in [5.41, 5.74) is 1.68. The van der Waals surface area contributed by atoms with Gasteiger partial charge in [-0.15, -0.1) is 0 Å². The fourth-order valence-electron chi connectivity index (χ4n) is 8.74. The number of nitrogens with zero attached hydrogens (tertiary/aromatic N) is 4. The first-order chi connectivity index (χ1) is 25.7. The smallest absolute Gasteiger partial charge is 0.293 e. The highest BCUT2D eigenvalue weighted by Crippen LogP contribution is 2.52. The van der Waals surface area contributed by atoms with E-state index in [-0.39, 0.29) is 28.9 Å². The lowest BCUT2D eigenvalue weighted by Crippen LogP contribution is -2.54. The molecule has 0 unspecified atom stereocenters. The van der Waals surface area contributed by atoms with Crippen molar-refractivity contribution in [3.63, 3.8) is 0 Å². The number of H-pyrrole nitrogens is 1. The van der Waals surface area contributed by atoms with Crippen molar-refractivity contribution in [1.29, 1.82) is 0 Å². The molecule has 4 fully saturated rings. The second-order valence-corrected chi connectivity index (χ2v) is 16.2. The molecule has 1 spiro atoms. The maximum absolute atomic E-state index is 16.7. The summed E-state index contributed by atoms with van der Waals surface area (Å²) in [6, 6.07) is 12.2. The highest BCUT2D eigenvalue weighted by molar-refractivity contribution is 7.98. The number of likely N-dealkylation sites (tertiary alicyclic amines) is 1. The molecule has 280 valence electrons. The molecule has 2 aliphatic heterocycles. The Balaban J connectivity index is 0.976. The number of nitrogens with one attached hydrogen (secondary N) is 3. The molecule has 1 amide bonds. The Morgan fingerprint density at radius 3 is 2.60 bits per heavy atom. The summed E-state index contributed by atoms with van der Waals surface area (Å²) in [5.74, 6) is -0.795. The summed E-state index contributed by atoms with van der Waals surface area (Å²) in [5, 5.41) is 25.8. The van der Waals surface area contributed by atoms with Crippen LogP contribution in [0.3, 0.4) is 0 Å². The molecule has 2 aromatic carbocycles. The molecule has 4 N–H and O–H groups in total. The van der Waals surface area contributed by atoms with Gasteiger partial charge in [0.25, 0.3) is 11.6 Å². The molecule has 2 aromatic heterocycles. The second-order valence-electron chi connectivity index (χ2n) is 15.3. The van der Waals surface area contributed by atoms with Crippen LogP contribution in [0.15, 0.2) is 59.8 Å². The van der Waals surface area contributed by atoms with E-state index in [4.69, 9.17) is 4.74 Å². The van der Waals surface area contributed by atoms with Gasteiger partial charge in [0.2, 0.25) is 0 Å². The van der Waals surface area contributed by atoms with Gasteiger partial charge in [-0.3, -0.25) is 19.6 Å². The number of nitro groups is 1. The number of hydrogen-bond acceptors (Lipinski definition) is 10. The number of rotatable bonds is 11. The predicted octanol–water partition coefficient (Wildman–Crippen LogP) is 7.65. The van der Waals surface area contributed by atoms with Crippen LogP contribution in [0, 0.1) is 27.3 Å². The summed E-state index contributed by atoms with van der Waals surface area (Å²) in [6.45, 7) is 4.46. The molecular weight excluding hydrogens is 698 g/mol. The number of fused-ring (bicyclic) bond motifs is 1. The normalized spacial score (nSPS) is 21.8. The number of piperidine rings is 1. The molecule has 0 bridgehead atoms. The number of carbonyl (C=O) groups excluding carboxylic acids is 1. The van der Waals surface area contributed by atoms with Gasteiger partial charge in [-0.2, -0.15) is 0 Å². The van der Waals surface area contributed by atoms with Crippen molar-refractivity contribution in [2.24, 2.45) is 11.3 Å². The number of anilines is 2. The van der Waals surface area contributed by atoms with Crippen molar-refractivity contribution >= 4 is 46.0 Å². The third-order valence-corrected chi connectivity index (χ3v) is 12.7. The van der Waals surface area contributed by atoms with Crippen LogP contribution in [0.25, 0.3) is 11.0 Å². The standard InChI is InChI=1S/C39H46FN7O5S/c40-35-33(46-17-12-39(13-18-46)21-27(22-39)45-15-1-2-16-45)10-8-31(36(35)52-29-19-26-11-14-41-37(26)43-24-29)38(49)44-53-30-7-9-32(34(20-30)47(50)51)42-23-25-3-5-28(48)6-4-25/h7-11,14,19-20,24-25,27-28,42,48H,1-6,12-13,15-18,21-23H2,(H,41,43)(H,44,49). The Morgan fingerprint density at radius 1 is 1.08 bits per heavy atom. The van der Waals surface area contributed by atoms with E-state index in [0.717, 1.165) is 68.9 Å². The van der Waals surface area contributed by atoms with Crippen LogP contribution in [-0.2, 0) is 0 Å². The quantitative estimate of drug-likeness (QED) is 0.0686. The zero-order chi connectivity index (χ0) is 36.5. The van der Waals surface area contributed by atoms with Crippen molar-refractivity contribution in [1.82, 2.24) is 19.6 Å². The fourth-order valence-corrected chi connectivity index (χ4v) is 9.36. The Hall–Kier alpha value is -4.40. The molecule has 8 rings (SSSR count). The van der Waals surface area contributed by atoms with Gasteiger partial charge in [-0.25, -0.2) is 9.37 Å². The number of halogens is 1. The van der Waals surface area contributed by atoms with Crippen LogP contribution in [-0.4, -0.2) is 75.7 Å². The van der Waals surface area contributed by atoms with E-state index in [0.29, 0.717) is 45.8 Å². The van der Waals surface area contributed by atoms with Crippen LogP contribution < -0.4 is 19.7 Å². The van der Waals surface area contributed by atoms with E-state index >= 15 is 4.39 Å². The number of nitro benzene ring substituents is 1. The largest absolute Gasteiger partial charge is 0.452 e. The summed E-state index contributed by atoms with van der Waals surface area (Å²) in [4.78, 5) is 37.8. The van der Waals surface area contributed by atoms with E-state index in [9.17, 15) is 20.0 Å². The topological polar surface area (TPSA) is 149 Å². The Kier molecular flexibility index (Phi) is 10.2. The third kappa shape index (κ3) is 7.67. The minimum Gasteiger partial charge on any atom is -0.452 e. The second kappa shape index (κ2) is 15.2. The van der Waals surface area contributed by atoms with E-state index in [1.807, 2.05) is 6.07 Å². The van der Waals surface area contributed by atoms with Crippen LogP contribution in [0.5, 0.6) is 11.5 Å². The number of hydrogen-bond donors (Lipinski definition) is 4. The minimum absolute atomic E-state index is 0.000713. The van der Waals surface area contributed by atoms with Gasteiger partial charge in [0.05, 0.1) is 28.5 Å². The highest BCUT2D eigenvalue weighted by Gasteiger charge is 2.48. The lowest BCUT2D eigenvalue weighted by atomic mass is 9.60. The number of aliphatic hydroxyl groups is 1. The molecule has 0 atom stereocenters. The van der Waals surface area contributed by atoms with Gasteiger partial charge in [-0.1, -0.05) is 0 Å². The average Bonchev–Trinajstić information content (AvgIpc) is 3.86. The number of benzene rings is 2. The van der Waals surface area contributed by atoms with Gasteiger partial charge in [0, 0.05) is 48.2 Å². The molecule has 4 aromatic rings. The van der Waals surface area contributed by atoms with Gasteiger partial charge >= 0.3 is 0 Å². The van der Waals surface area contributed by atoms with E-state index in [1.54, 1.807) is 36.5 Å². The number of ether oxygens (including phenoxy) is 1. The molecule has 4 heterocycles. The first kappa shape index (κ1) is 35.6. The molecular formula is C39H46FN7O5S. The number of carbonyl (C=O) groups is 1. The molecule has 53 heavy (non-hydrogen) atoms. The lowest BCUT2D eigenvalue weighted by Gasteiger charge is -2.55. The lowest BCUT2D eigenvalue weighted by molar-refractivity contribution is -0.384. The molecule has 2 saturated carbocycles. The number of pyridine rings is 1. The van der Waals surface area contributed by atoms with Crippen molar-refractivity contribution in [3.8, 4) is 11.5 Å². The molecule has 12 nitrogen and oxygen atoms in total. The summed E-state index contributed by atoms with van der Waals surface area (Å²) in [6.07, 6.45) is 13.2. The number of aliphatic hydroxyl groups excluding tert-OH is 1.